The summed E-state index contributed by atoms with van der Waals surface area (Å²) in [4.78, 5) is 0. The van der Waals surface area contributed by atoms with Crippen molar-refractivity contribution in [3.63, 3.8) is 0 Å². The minimum Gasteiger partial charge on any atom is -0.491 e. The Bertz CT molecular complexity index is 314. The van der Waals surface area contributed by atoms with Crippen molar-refractivity contribution in [1.82, 2.24) is 0 Å². The van der Waals surface area contributed by atoms with Gasteiger partial charge in [0.05, 0.1) is 0 Å². The quantitative estimate of drug-likeness (QED) is 0.816. The van der Waals surface area contributed by atoms with Gasteiger partial charge in [-0.1, -0.05) is 32.9 Å². The van der Waals surface area contributed by atoms with Crippen LogP contribution in [0.2, 0.25) is 0 Å². The Morgan fingerprint density at radius 2 is 1.81 bits per heavy atom. The first kappa shape index (κ1) is 13.0. The second-order valence-corrected chi connectivity index (χ2v) is 4.97. The van der Waals surface area contributed by atoms with Gasteiger partial charge >= 0.3 is 0 Å². The summed E-state index contributed by atoms with van der Waals surface area (Å²) >= 11 is 0. The number of benzene rings is 1. The molecule has 1 atom stereocenters. The SMILES string of the molecule is CC(C)(C)c1ccc(OC[C@@H](O)CN)cc1. The molecular formula is C13H21NO2. The average Bonchev–Trinajstić information content (AvgIpc) is 2.25. The van der Waals surface area contributed by atoms with E-state index in [0.29, 0.717) is 0 Å². The van der Waals surface area contributed by atoms with Gasteiger partial charge in [-0.2, -0.15) is 0 Å². The molecule has 0 aliphatic carbocycles. The molecule has 0 radical (unpaired) electrons. The fourth-order valence-electron chi connectivity index (χ4n) is 1.31. The lowest BCUT2D eigenvalue weighted by Gasteiger charge is -2.19. The van der Waals surface area contributed by atoms with E-state index < -0.39 is 6.10 Å². The molecule has 0 amide bonds. The van der Waals surface area contributed by atoms with Gasteiger partial charge in [0, 0.05) is 6.54 Å². The molecular weight excluding hydrogens is 202 g/mol. The molecule has 0 aromatic heterocycles. The van der Waals surface area contributed by atoms with Crippen LogP contribution >= 0.6 is 0 Å². The lowest BCUT2D eigenvalue weighted by molar-refractivity contribution is 0.114. The average molecular weight is 223 g/mol. The van der Waals surface area contributed by atoms with Crippen LogP contribution in [0, 0.1) is 0 Å². The fourth-order valence-corrected chi connectivity index (χ4v) is 1.31. The van der Waals surface area contributed by atoms with Crippen LogP contribution in [0.1, 0.15) is 26.3 Å². The highest BCUT2D eigenvalue weighted by Gasteiger charge is 2.13. The number of rotatable bonds is 4. The zero-order valence-electron chi connectivity index (χ0n) is 10.2. The molecule has 90 valence electrons. The molecule has 0 saturated heterocycles. The molecule has 3 N–H and O–H groups in total. The van der Waals surface area contributed by atoms with Gasteiger partial charge in [0.2, 0.25) is 0 Å². The van der Waals surface area contributed by atoms with Gasteiger partial charge in [-0.3, -0.25) is 0 Å². The number of hydrogen-bond donors (Lipinski definition) is 2. The van der Waals surface area contributed by atoms with Crippen LogP contribution in [0.25, 0.3) is 0 Å². The smallest absolute Gasteiger partial charge is 0.119 e. The van der Waals surface area contributed by atoms with Crippen molar-refractivity contribution >= 4 is 0 Å². The normalized spacial score (nSPS) is 13.6. The standard InChI is InChI=1S/C13H21NO2/c1-13(2,3)10-4-6-12(7-5-10)16-9-11(15)8-14/h4-7,11,15H,8-9,14H2,1-3H3/t11-/m0/s1. The summed E-state index contributed by atoms with van der Waals surface area (Å²) in [5.41, 5.74) is 6.70. The predicted octanol–water partition coefficient (Wildman–Crippen LogP) is 1.68. The number of aliphatic hydroxyl groups excluding tert-OH is 1. The molecule has 0 heterocycles. The van der Waals surface area contributed by atoms with Gasteiger partial charge in [-0.05, 0) is 23.1 Å². The second-order valence-electron chi connectivity index (χ2n) is 4.97. The monoisotopic (exact) mass is 223 g/mol. The molecule has 1 rings (SSSR count). The zero-order valence-corrected chi connectivity index (χ0v) is 10.2. The highest BCUT2D eigenvalue weighted by atomic mass is 16.5. The second kappa shape index (κ2) is 5.32. The Hall–Kier alpha value is -1.06. The lowest BCUT2D eigenvalue weighted by atomic mass is 9.87. The molecule has 0 saturated carbocycles. The Balaban J connectivity index is 2.58. The van der Waals surface area contributed by atoms with Crippen molar-refractivity contribution < 1.29 is 9.84 Å². The molecule has 0 aliphatic heterocycles. The van der Waals surface area contributed by atoms with E-state index in [1.807, 2.05) is 24.3 Å². The summed E-state index contributed by atoms with van der Waals surface area (Å²) < 4.78 is 5.40. The van der Waals surface area contributed by atoms with Crippen LogP contribution in [0.3, 0.4) is 0 Å². The third kappa shape index (κ3) is 3.83. The lowest BCUT2D eigenvalue weighted by Crippen LogP contribution is -2.26. The van der Waals surface area contributed by atoms with Crippen molar-refractivity contribution in [2.75, 3.05) is 13.2 Å². The van der Waals surface area contributed by atoms with E-state index in [1.54, 1.807) is 0 Å². The Kier molecular flexibility index (Phi) is 4.33. The highest BCUT2D eigenvalue weighted by Crippen LogP contribution is 2.24. The maximum absolute atomic E-state index is 9.25. The summed E-state index contributed by atoms with van der Waals surface area (Å²) in [7, 11) is 0. The first-order valence-electron chi connectivity index (χ1n) is 5.55. The largest absolute Gasteiger partial charge is 0.491 e. The first-order valence-corrected chi connectivity index (χ1v) is 5.55. The summed E-state index contributed by atoms with van der Waals surface area (Å²) in [5, 5.41) is 9.25. The Labute approximate surface area is 97.2 Å². The third-order valence-electron chi connectivity index (χ3n) is 2.43. The Morgan fingerprint density at radius 1 is 1.25 bits per heavy atom. The molecule has 0 spiro atoms. The summed E-state index contributed by atoms with van der Waals surface area (Å²) in [5.74, 6) is 0.764. The van der Waals surface area contributed by atoms with Crippen molar-refractivity contribution in [3.8, 4) is 5.75 Å². The van der Waals surface area contributed by atoms with Crippen LogP contribution in [-0.4, -0.2) is 24.4 Å². The van der Waals surface area contributed by atoms with Gasteiger partial charge in [0.25, 0.3) is 0 Å². The maximum atomic E-state index is 9.25. The van der Waals surface area contributed by atoms with Crippen molar-refractivity contribution in [2.24, 2.45) is 5.73 Å². The van der Waals surface area contributed by atoms with E-state index in [2.05, 4.69) is 20.8 Å². The topological polar surface area (TPSA) is 55.5 Å². The zero-order chi connectivity index (χ0) is 12.2. The molecule has 0 fully saturated rings. The van der Waals surface area contributed by atoms with Crippen molar-refractivity contribution in [3.05, 3.63) is 29.8 Å². The molecule has 0 bridgehead atoms. The van der Waals surface area contributed by atoms with Crippen LogP contribution in [0.4, 0.5) is 0 Å². The van der Waals surface area contributed by atoms with Crippen LogP contribution in [0.5, 0.6) is 5.75 Å². The Morgan fingerprint density at radius 3 is 2.25 bits per heavy atom. The highest BCUT2D eigenvalue weighted by molar-refractivity contribution is 5.31. The summed E-state index contributed by atoms with van der Waals surface area (Å²) in [6, 6.07) is 7.93. The minimum absolute atomic E-state index is 0.148. The van der Waals surface area contributed by atoms with E-state index in [9.17, 15) is 5.11 Å². The van der Waals surface area contributed by atoms with Crippen molar-refractivity contribution in [2.45, 2.75) is 32.3 Å². The van der Waals surface area contributed by atoms with E-state index in [-0.39, 0.29) is 18.6 Å². The third-order valence-corrected chi connectivity index (χ3v) is 2.43. The van der Waals surface area contributed by atoms with Gasteiger partial charge in [0.15, 0.2) is 0 Å². The molecule has 1 aromatic rings. The minimum atomic E-state index is -0.595. The molecule has 16 heavy (non-hydrogen) atoms. The van der Waals surface area contributed by atoms with Crippen molar-refractivity contribution in [1.29, 1.82) is 0 Å². The van der Waals surface area contributed by atoms with Gasteiger partial charge in [-0.25, -0.2) is 0 Å². The number of aliphatic hydroxyl groups is 1. The number of hydrogen-bond acceptors (Lipinski definition) is 3. The van der Waals surface area contributed by atoms with E-state index in [0.717, 1.165) is 5.75 Å². The number of nitrogens with two attached hydrogens (primary N) is 1. The molecule has 1 aromatic carbocycles. The van der Waals surface area contributed by atoms with E-state index in [1.165, 1.54) is 5.56 Å². The number of ether oxygens (including phenoxy) is 1. The molecule has 0 unspecified atom stereocenters. The van der Waals surface area contributed by atoms with Crippen LogP contribution in [-0.2, 0) is 5.41 Å². The van der Waals surface area contributed by atoms with Crippen LogP contribution < -0.4 is 10.5 Å². The van der Waals surface area contributed by atoms with Crippen LogP contribution in [0.15, 0.2) is 24.3 Å². The van der Waals surface area contributed by atoms with E-state index >= 15 is 0 Å². The first-order chi connectivity index (χ1) is 7.43. The van der Waals surface area contributed by atoms with Gasteiger partial charge < -0.3 is 15.6 Å². The maximum Gasteiger partial charge on any atom is 0.119 e. The van der Waals surface area contributed by atoms with E-state index in [4.69, 9.17) is 10.5 Å². The predicted molar refractivity (Wildman–Crippen MR) is 65.7 cm³/mol. The molecule has 3 heteroatoms. The molecule has 0 aliphatic rings. The fraction of sp³-hybridized carbons (Fsp3) is 0.538. The van der Waals surface area contributed by atoms with Gasteiger partial charge in [-0.15, -0.1) is 0 Å². The van der Waals surface area contributed by atoms with Gasteiger partial charge in [0.1, 0.15) is 18.5 Å². The molecule has 3 nitrogen and oxygen atoms in total. The summed E-state index contributed by atoms with van der Waals surface area (Å²) in [6.45, 7) is 6.97. The summed E-state index contributed by atoms with van der Waals surface area (Å²) in [6.07, 6.45) is -0.595.